The summed E-state index contributed by atoms with van der Waals surface area (Å²) >= 11 is 6.12. The molecule has 0 radical (unpaired) electrons. The first-order chi connectivity index (χ1) is 13.4. The van der Waals surface area contributed by atoms with Gasteiger partial charge in [0.2, 0.25) is 5.91 Å². The van der Waals surface area contributed by atoms with Gasteiger partial charge in [-0.15, -0.1) is 10.2 Å². The molecule has 0 fully saturated rings. The van der Waals surface area contributed by atoms with E-state index >= 15 is 0 Å². The zero-order valence-electron chi connectivity index (χ0n) is 15.8. The second-order valence-corrected chi connectivity index (χ2v) is 7.06. The van der Waals surface area contributed by atoms with Gasteiger partial charge in [-0.3, -0.25) is 9.59 Å². The number of aryl methyl sites for hydroxylation is 2. The highest BCUT2D eigenvalue weighted by Gasteiger charge is 2.13. The molecule has 0 saturated carbocycles. The topological polar surface area (TPSA) is 79.0 Å². The van der Waals surface area contributed by atoms with Crippen molar-refractivity contribution in [2.24, 2.45) is 0 Å². The van der Waals surface area contributed by atoms with Gasteiger partial charge in [-0.1, -0.05) is 54.1 Å². The fourth-order valence-corrected chi connectivity index (χ4v) is 2.94. The number of benzene rings is 2. The Hall–Kier alpha value is -2.99. The van der Waals surface area contributed by atoms with E-state index in [4.69, 9.17) is 11.6 Å². The van der Waals surface area contributed by atoms with E-state index in [1.165, 1.54) is 0 Å². The first-order valence-corrected chi connectivity index (χ1v) is 9.32. The molecular formula is C21H21ClN4O2. The zero-order chi connectivity index (χ0) is 20.1. The molecule has 0 unspecified atom stereocenters. The normalized spacial score (nSPS) is 10.7. The van der Waals surface area contributed by atoms with Crippen LogP contribution in [-0.4, -0.2) is 33.0 Å². The molecule has 3 rings (SSSR count). The van der Waals surface area contributed by atoms with E-state index in [1.807, 2.05) is 49.4 Å². The number of halogens is 1. The SMILES string of the molecule is Cc1ccc(-c2nnc(CCC(=O)N(C)Cc3ccccc3)c(=O)[nH]2)cc1Cl. The number of aromatic nitrogens is 3. The number of aromatic amines is 1. The van der Waals surface area contributed by atoms with Crippen molar-refractivity contribution in [2.45, 2.75) is 26.3 Å². The van der Waals surface area contributed by atoms with Crippen molar-refractivity contribution in [1.82, 2.24) is 20.1 Å². The van der Waals surface area contributed by atoms with Crippen molar-refractivity contribution >= 4 is 17.5 Å². The Balaban J connectivity index is 1.64. The summed E-state index contributed by atoms with van der Waals surface area (Å²) in [7, 11) is 1.75. The molecule has 2 aromatic carbocycles. The number of nitrogens with one attached hydrogen (secondary N) is 1. The average Bonchev–Trinajstić information content (AvgIpc) is 2.69. The van der Waals surface area contributed by atoms with Gasteiger partial charge in [-0.25, -0.2) is 0 Å². The predicted octanol–water partition coefficient (Wildman–Crippen LogP) is 3.38. The minimum absolute atomic E-state index is 0.0561. The number of carbonyl (C=O) groups excluding carboxylic acids is 1. The fraction of sp³-hybridized carbons (Fsp3) is 0.238. The molecule has 3 aromatic rings. The number of carbonyl (C=O) groups is 1. The van der Waals surface area contributed by atoms with E-state index in [0.717, 1.165) is 11.1 Å². The van der Waals surface area contributed by atoms with Crippen molar-refractivity contribution in [3.8, 4) is 11.4 Å². The van der Waals surface area contributed by atoms with Crippen molar-refractivity contribution in [1.29, 1.82) is 0 Å². The van der Waals surface area contributed by atoms with Gasteiger partial charge in [-0.05, 0) is 24.1 Å². The van der Waals surface area contributed by atoms with Crippen LogP contribution in [0.2, 0.25) is 5.02 Å². The van der Waals surface area contributed by atoms with Gasteiger partial charge in [-0.2, -0.15) is 0 Å². The second kappa shape index (κ2) is 8.80. The molecule has 28 heavy (non-hydrogen) atoms. The average molecular weight is 397 g/mol. The predicted molar refractivity (Wildman–Crippen MR) is 109 cm³/mol. The first-order valence-electron chi connectivity index (χ1n) is 8.94. The maximum atomic E-state index is 12.3. The molecule has 0 bridgehead atoms. The van der Waals surface area contributed by atoms with Crippen LogP contribution in [0.3, 0.4) is 0 Å². The Morgan fingerprint density at radius 2 is 1.89 bits per heavy atom. The van der Waals surface area contributed by atoms with E-state index in [9.17, 15) is 9.59 Å². The van der Waals surface area contributed by atoms with Crippen LogP contribution in [-0.2, 0) is 17.8 Å². The fourth-order valence-electron chi connectivity index (χ4n) is 2.76. The van der Waals surface area contributed by atoms with Crippen LogP contribution in [0.15, 0.2) is 53.3 Å². The summed E-state index contributed by atoms with van der Waals surface area (Å²) in [6.07, 6.45) is 0.423. The smallest absolute Gasteiger partial charge is 0.273 e. The summed E-state index contributed by atoms with van der Waals surface area (Å²) in [5.41, 5.74) is 2.57. The Bertz CT molecular complexity index is 1030. The van der Waals surface area contributed by atoms with Gasteiger partial charge in [0.15, 0.2) is 5.82 Å². The van der Waals surface area contributed by atoms with Crippen LogP contribution >= 0.6 is 11.6 Å². The van der Waals surface area contributed by atoms with Crippen LogP contribution in [0.5, 0.6) is 0 Å². The highest BCUT2D eigenvalue weighted by atomic mass is 35.5. The maximum Gasteiger partial charge on any atom is 0.273 e. The molecule has 0 aliphatic carbocycles. The Morgan fingerprint density at radius 3 is 2.57 bits per heavy atom. The third-order valence-electron chi connectivity index (χ3n) is 4.47. The van der Waals surface area contributed by atoms with Gasteiger partial charge in [0.1, 0.15) is 5.69 Å². The van der Waals surface area contributed by atoms with Crippen LogP contribution in [0.1, 0.15) is 23.2 Å². The molecule has 0 saturated heterocycles. The quantitative estimate of drug-likeness (QED) is 0.692. The Labute approximate surface area is 168 Å². The van der Waals surface area contributed by atoms with E-state index < -0.39 is 0 Å². The zero-order valence-corrected chi connectivity index (χ0v) is 16.5. The third-order valence-corrected chi connectivity index (χ3v) is 4.88. The number of rotatable bonds is 6. The maximum absolute atomic E-state index is 12.3. The number of H-pyrrole nitrogens is 1. The molecule has 1 N–H and O–H groups in total. The molecule has 1 heterocycles. The summed E-state index contributed by atoms with van der Waals surface area (Å²) < 4.78 is 0. The van der Waals surface area contributed by atoms with Crippen molar-refractivity contribution in [3.63, 3.8) is 0 Å². The van der Waals surface area contributed by atoms with Crippen LogP contribution in [0, 0.1) is 6.92 Å². The molecule has 0 atom stereocenters. The molecule has 0 aliphatic rings. The van der Waals surface area contributed by atoms with E-state index in [0.29, 0.717) is 23.0 Å². The van der Waals surface area contributed by atoms with Gasteiger partial charge >= 0.3 is 0 Å². The summed E-state index contributed by atoms with van der Waals surface area (Å²) in [5.74, 6) is 0.294. The Kier molecular flexibility index (Phi) is 6.21. The van der Waals surface area contributed by atoms with Gasteiger partial charge in [0.25, 0.3) is 5.56 Å². The number of hydrogen-bond acceptors (Lipinski definition) is 4. The van der Waals surface area contributed by atoms with Crippen molar-refractivity contribution in [3.05, 3.63) is 80.7 Å². The molecule has 0 aliphatic heterocycles. The van der Waals surface area contributed by atoms with Crippen molar-refractivity contribution < 1.29 is 4.79 Å². The van der Waals surface area contributed by atoms with Crippen LogP contribution in [0.25, 0.3) is 11.4 Å². The summed E-state index contributed by atoms with van der Waals surface area (Å²) in [4.78, 5) is 29.0. The standard InChI is InChI=1S/C21H21ClN4O2/c1-14-8-9-16(12-17(14)22)20-23-21(28)18(24-25-20)10-11-19(27)26(2)13-15-6-4-3-5-7-15/h3-9,12H,10-11,13H2,1-2H3,(H,23,25,28). The molecule has 6 nitrogen and oxygen atoms in total. The molecule has 144 valence electrons. The number of hydrogen-bond donors (Lipinski definition) is 1. The highest BCUT2D eigenvalue weighted by Crippen LogP contribution is 2.21. The van der Waals surface area contributed by atoms with Crippen LogP contribution < -0.4 is 5.56 Å². The van der Waals surface area contributed by atoms with Crippen LogP contribution in [0.4, 0.5) is 0 Å². The van der Waals surface area contributed by atoms with Gasteiger partial charge in [0.05, 0.1) is 0 Å². The van der Waals surface area contributed by atoms with E-state index in [-0.39, 0.29) is 30.0 Å². The minimum atomic E-state index is -0.347. The first kappa shape index (κ1) is 19.8. The summed E-state index contributed by atoms with van der Waals surface area (Å²) in [6, 6.07) is 15.2. The summed E-state index contributed by atoms with van der Waals surface area (Å²) in [6.45, 7) is 2.42. The minimum Gasteiger partial charge on any atom is -0.341 e. The Morgan fingerprint density at radius 1 is 1.14 bits per heavy atom. The monoisotopic (exact) mass is 396 g/mol. The third kappa shape index (κ3) is 4.84. The lowest BCUT2D eigenvalue weighted by Gasteiger charge is -2.17. The number of amides is 1. The molecule has 0 spiro atoms. The lowest BCUT2D eigenvalue weighted by molar-refractivity contribution is -0.130. The van der Waals surface area contributed by atoms with Crippen molar-refractivity contribution in [2.75, 3.05) is 7.05 Å². The molecule has 1 amide bonds. The summed E-state index contributed by atoms with van der Waals surface area (Å²) in [5, 5.41) is 8.69. The van der Waals surface area contributed by atoms with E-state index in [1.54, 1.807) is 18.0 Å². The number of nitrogens with zero attached hydrogens (tertiary/aromatic N) is 3. The highest BCUT2D eigenvalue weighted by molar-refractivity contribution is 6.31. The van der Waals surface area contributed by atoms with E-state index in [2.05, 4.69) is 15.2 Å². The molecule has 7 heteroatoms. The largest absolute Gasteiger partial charge is 0.341 e. The second-order valence-electron chi connectivity index (χ2n) is 6.65. The molecule has 1 aromatic heterocycles. The van der Waals surface area contributed by atoms with Gasteiger partial charge in [0, 0.05) is 37.0 Å². The van der Waals surface area contributed by atoms with Gasteiger partial charge < -0.3 is 9.88 Å². The molecular weight excluding hydrogens is 376 g/mol. The lowest BCUT2D eigenvalue weighted by atomic mass is 10.1. The lowest BCUT2D eigenvalue weighted by Crippen LogP contribution is -2.27.